The largest absolute Gasteiger partial charge is 0.491 e. The molecule has 42 heavy (non-hydrogen) atoms. The number of thiazole rings is 1. The molecular weight excluding hydrogens is 548 g/mol. The van der Waals surface area contributed by atoms with E-state index in [0.717, 1.165) is 71.3 Å². The van der Waals surface area contributed by atoms with Crippen molar-refractivity contribution in [3.63, 3.8) is 0 Å². The quantitative estimate of drug-likeness (QED) is 0.161. The van der Waals surface area contributed by atoms with Crippen molar-refractivity contribution in [2.24, 2.45) is 5.92 Å². The number of rotatable bonds is 18. The van der Waals surface area contributed by atoms with Crippen molar-refractivity contribution in [2.75, 3.05) is 26.8 Å². The van der Waals surface area contributed by atoms with Crippen LogP contribution in [-0.2, 0) is 16.1 Å². The Hall–Kier alpha value is -3.01. The van der Waals surface area contributed by atoms with Gasteiger partial charge in [0.25, 0.3) is 0 Å². The Balaban J connectivity index is 1.88. The summed E-state index contributed by atoms with van der Waals surface area (Å²) < 4.78 is 5.76. The molecule has 2 amide bonds. The second kappa shape index (κ2) is 17.2. The Labute approximate surface area is 254 Å². The molecule has 2 unspecified atom stereocenters. The summed E-state index contributed by atoms with van der Waals surface area (Å²) in [4.78, 5) is 33.9. The van der Waals surface area contributed by atoms with Crippen molar-refractivity contribution in [2.45, 2.75) is 84.8 Å². The maximum atomic E-state index is 14.1. The predicted molar refractivity (Wildman–Crippen MR) is 172 cm³/mol. The van der Waals surface area contributed by atoms with Crippen LogP contribution in [0.5, 0.6) is 5.75 Å². The molecule has 0 saturated carbocycles. The fourth-order valence-corrected chi connectivity index (χ4v) is 6.04. The Morgan fingerprint density at radius 1 is 1.07 bits per heavy atom. The number of aliphatic hydroxyl groups excluding tert-OH is 1. The van der Waals surface area contributed by atoms with Crippen molar-refractivity contribution in [1.82, 2.24) is 20.5 Å². The lowest BCUT2D eigenvalue weighted by atomic mass is 9.89. The van der Waals surface area contributed by atoms with Gasteiger partial charge in [0.05, 0.1) is 24.9 Å². The Kier molecular flexibility index (Phi) is 13.7. The number of unbranched alkanes of at least 4 members (excludes halogenated alkanes) is 2. The highest BCUT2D eigenvalue weighted by Gasteiger charge is 2.33. The van der Waals surface area contributed by atoms with Crippen LogP contribution in [0.15, 0.2) is 41.8 Å². The lowest BCUT2D eigenvalue weighted by molar-refractivity contribution is -0.139. The lowest BCUT2D eigenvalue weighted by Gasteiger charge is -2.32. The minimum atomic E-state index is -0.573. The van der Waals surface area contributed by atoms with Crippen molar-refractivity contribution >= 4 is 33.9 Å². The number of amides is 2. The van der Waals surface area contributed by atoms with Crippen molar-refractivity contribution in [1.29, 1.82) is 0 Å². The van der Waals surface area contributed by atoms with Gasteiger partial charge in [0, 0.05) is 22.9 Å². The molecule has 3 atom stereocenters. The van der Waals surface area contributed by atoms with E-state index in [9.17, 15) is 14.7 Å². The van der Waals surface area contributed by atoms with Gasteiger partial charge in [-0.15, -0.1) is 11.3 Å². The van der Waals surface area contributed by atoms with Gasteiger partial charge in [-0.05, 0) is 50.2 Å². The summed E-state index contributed by atoms with van der Waals surface area (Å²) in [6, 6.07) is 11.0. The van der Waals surface area contributed by atoms with Crippen LogP contribution in [0.3, 0.4) is 0 Å². The van der Waals surface area contributed by atoms with Gasteiger partial charge in [-0.25, -0.2) is 4.98 Å². The van der Waals surface area contributed by atoms with Gasteiger partial charge in [-0.1, -0.05) is 70.7 Å². The van der Waals surface area contributed by atoms with Gasteiger partial charge in [0.15, 0.2) is 0 Å². The second-order valence-corrected chi connectivity index (χ2v) is 11.7. The summed E-state index contributed by atoms with van der Waals surface area (Å²) in [6.45, 7) is 9.33. The van der Waals surface area contributed by atoms with E-state index >= 15 is 0 Å². The van der Waals surface area contributed by atoms with Crippen LogP contribution in [-0.4, -0.2) is 65.7 Å². The molecule has 3 aromatic rings. The fourth-order valence-electron chi connectivity index (χ4n) is 5.23. The number of likely N-dealkylation sites (N-methyl/N-ethyl adjacent to an activating group) is 1. The molecule has 3 rings (SSSR count). The summed E-state index contributed by atoms with van der Waals surface area (Å²) in [5, 5.41) is 20.2. The number of ether oxygens (including phenoxy) is 1. The number of benzene rings is 2. The summed E-state index contributed by atoms with van der Waals surface area (Å²) in [7, 11) is 1.75. The summed E-state index contributed by atoms with van der Waals surface area (Å²) in [5.74, 6) is 0.602. The van der Waals surface area contributed by atoms with Crippen LogP contribution in [0.2, 0.25) is 0 Å². The van der Waals surface area contributed by atoms with E-state index < -0.39 is 6.04 Å². The molecular formula is C33H48N4O4S. The first-order valence-corrected chi connectivity index (χ1v) is 16.2. The molecule has 0 aliphatic heterocycles. The number of carbonyl (C=O) groups is 2. The van der Waals surface area contributed by atoms with Gasteiger partial charge in [-0.2, -0.15) is 0 Å². The average Bonchev–Trinajstić information content (AvgIpc) is 3.48. The minimum Gasteiger partial charge on any atom is -0.491 e. The zero-order valence-electron chi connectivity index (χ0n) is 25.8. The molecule has 3 N–H and O–H groups in total. The van der Waals surface area contributed by atoms with Crippen molar-refractivity contribution in [3.8, 4) is 17.0 Å². The molecule has 0 bridgehead atoms. The number of aliphatic hydroxyl groups is 1. The van der Waals surface area contributed by atoms with E-state index in [4.69, 9.17) is 9.72 Å². The predicted octanol–water partition coefficient (Wildman–Crippen LogP) is 5.77. The topological polar surface area (TPSA) is 104 Å². The monoisotopic (exact) mass is 596 g/mol. The van der Waals surface area contributed by atoms with Gasteiger partial charge in [0.2, 0.25) is 11.8 Å². The minimum absolute atomic E-state index is 0.0376. The van der Waals surface area contributed by atoms with Crippen LogP contribution in [0.4, 0.5) is 0 Å². The third-order valence-electron chi connectivity index (χ3n) is 7.76. The molecule has 0 spiro atoms. The number of nitrogens with one attached hydrogen (secondary N) is 2. The van der Waals surface area contributed by atoms with Crippen LogP contribution in [0, 0.1) is 5.92 Å². The summed E-state index contributed by atoms with van der Waals surface area (Å²) in [6.07, 6.45) is 5.80. The molecule has 0 aliphatic carbocycles. The van der Waals surface area contributed by atoms with Crippen LogP contribution in [0.1, 0.15) is 71.2 Å². The number of fused-ring (bicyclic) bond motifs is 1. The first-order valence-electron chi connectivity index (χ1n) is 15.3. The van der Waals surface area contributed by atoms with Crippen molar-refractivity contribution in [3.05, 3.63) is 46.8 Å². The molecule has 1 heterocycles. The summed E-state index contributed by atoms with van der Waals surface area (Å²) in [5.41, 5.74) is 1.84. The first-order chi connectivity index (χ1) is 20.4. The van der Waals surface area contributed by atoms with Crippen LogP contribution >= 0.6 is 11.3 Å². The highest BCUT2D eigenvalue weighted by molar-refractivity contribution is 7.10. The van der Waals surface area contributed by atoms with Gasteiger partial charge >= 0.3 is 0 Å². The molecule has 0 fully saturated rings. The molecule has 9 heteroatoms. The molecule has 0 radical (unpaired) electrons. The van der Waals surface area contributed by atoms with E-state index in [1.165, 1.54) is 0 Å². The highest BCUT2D eigenvalue weighted by Crippen LogP contribution is 2.35. The normalized spacial score (nSPS) is 13.5. The molecule has 0 saturated heterocycles. The summed E-state index contributed by atoms with van der Waals surface area (Å²) >= 11 is 1.54. The smallest absolute Gasteiger partial charge is 0.245 e. The lowest BCUT2D eigenvalue weighted by Crippen LogP contribution is -2.55. The SMILES string of the molecule is CCCCCC(CC)C(NC(=O)[C@H](C)NC)C(=O)N(CCC)Cc1nc(-c2ccc(OCCO)c3ccccc23)cs1. The molecule has 2 aromatic carbocycles. The number of hydrogen-bond donors (Lipinski definition) is 3. The average molecular weight is 597 g/mol. The Morgan fingerprint density at radius 2 is 1.83 bits per heavy atom. The fraction of sp³-hybridized carbons (Fsp3) is 0.545. The van der Waals surface area contributed by atoms with E-state index in [1.54, 1.807) is 18.4 Å². The third-order valence-corrected chi connectivity index (χ3v) is 8.59. The molecule has 230 valence electrons. The molecule has 0 aliphatic rings. The third kappa shape index (κ3) is 8.75. The van der Waals surface area contributed by atoms with Gasteiger partial charge < -0.3 is 25.4 Å². The number of nitrogens with zero attached hydrogens (tertiary/aromatic N) is 2. The van der Waals surface area contributed by atoms with E-state index in [2.05, 4.69) is 31.4 Å². The molecule has 1 aromatic heterocycles. The Morgan fingerprint density at radius 3 is 2.50 bits per heavy atom. The first kappa shape index (κ1) is 33.5. The maximum absolute atomic E-state index is 14.1. The van der Waals surface area contributed by atoms with Crippen LogP contribution in [0.25, 0.3) is 22.0 Å². The number of aromatic nitrogens is 1. The van der Waals surface area contributed by atoms with Crippen LogP contribution < -0.4 is 15.4 Å². The number of carbonyl (C=O) groups excluding carboxylic acids is 2. The number of hydrogen-bond acceptors (Lipinski definition) is 7. The second-order valence-electron chi connectivity index (χ2n) is 10.8. The van der Waals surface area contributed by atoms with E-state index in [0.29, 0.717) is 13.1 Å². The standard InChI is InChI=1S/C33H48N4O4S/c1-6-9-10-13-24(8-3)31(36-32(39)23(4)34-5)33(40)37(18-7-2)21-30-35-28(22-42-30)26-16-17-29(41-20-19-38)27-15-12-11-14-25(26)27/h11-12,14-17,22-24,31,34,38H,6-10,13,18-21H2,1-5H3,(H,36,39)/t23-,24?,31?/m0/s1. The zero-order valence-corrected chi connectivity index (χ0v) is 26.6. The van der Waals surface area contributed by atoms with Gasteiger partial charge in [-0.3, -0.25) is 9.59 Å². The highest BCUT2D eigenvalue weighted by atomic mass is 32.1. The zero-order chi connectivity index (χ0) is 30.5. The Bertz CT molecular complexity index is 1280. The molecule has 8 nitrogen and oxygen atoms in total. The maximum Gasteiger partial charge on any atom is 0.245 e. The van der Waals surface area contributed by atoms with Crippen molar-refractivity contribution < 1.29 is 19.4 Å². The van der Waals surface area contributed by atoms with Gasteiger partial charge in [0.1, 0.15) is 23.4 Å². The van der Waals surface area contributed by atoms with E-state index in [1.807, 2.05) is 53.6 Å². The van der Waals surface area contributed by atoms with E-state index in [-0.39, 0.29) is 37.0 Å².